The summed E-state index contributed by atoms with van der Waals surface area (Å²) in [7, 11) is 0. The Morgan fingerprint density at radius 1 is 1.18 bits per heavy atom. The number of carbonyl (C=O) groups excluding carboxylic acids is 1. The summed E-state index contributed by atoms with van der Waals surface area (Å²) in [6, 6.07) is 10.7. The second-order valence-corrected chi connectivity index (χ2v) is 6.31. The molecule has 1 saturated heterocycles. The molecule has 1 N–H and O–H groups in total. The van der Waals surface area contributed by atoms with Gasteiger partial charge in [0, 0.05) is 25.7 Å². The molecule has 1 saturated carbocycles. The topological polar surface area (TPSA) is 41.6 Å². The highest BCUT2D eigenvalue weighted by Crippen LogP contribution is 2.25. The Hall–Kier alpha value is -1.39. The van der Waals surface area contributed by atoms with Crippen molar-refractivity contribution in [2.45, 2.75) is 50.8 Å². The molecule has 1 heterocycles. The van der Waals surface area contributed by atoms with Gasteiger partial charge < -0.3 is 15.0 Å². The molecule has 1 atom stereocenters. The summed E-state index contributed by atoms with van der Waals surface area (Å²) < 4.78 is 5.70. The van der Waals surface area contributed by atoms with Crippen molar-refractivity contribution in [3.63, 3.8) is 0 Å². The van der Waals surface area contributed by atoms with Crippen molar-refractivity contribution in [3.05, 3.63) is 35.9 Å². The van der Waals surface area contributed by atoms with E-state index < -0.39 is 0 Å². The van der Waals surface area contributed by atoms with E-state index in [1.807, 2.05) is 18.2 Å². The van der Waals surface area contributed by atoms with Crippen LogP contribution in [0.15, 0.2) is 30.3 Å². The SMILES string of the molecule is O=C(C1CNCCO1)N(Cc1ccccc1)C1CCCCC1. The number of ether oxygens (including phenoxy) is 1. The van der Waals surface area contributed by atoms with Gasteiger partial charge in [-0.2, -0.15) is 0 Å². The van der Waals surface area contributed by atoms with E-state index in [2.05, 4.69) is 22.3 Å². The predicted octanol–water partition coefficient (Wildman–Crippen LogP) is 2.34. The van der Waals surface area contributed by atoms with Gasteiger partial charge >= 0.3 is 0 Å². The van der Waals surface area contributed by atoms with Gasteiger partial charge in [-0.25, -0.2) is 0 Å². The largest absolute Gasteiger partial charge is 0.366 e. The lowest BCUT2D eigenvalue weighted by Crippen LogP contribution is -2.52. The van der Waals surface area contributed by atoms with E-state index in [-0.39, 0.29) is 12.0 Å². The molecule has 2 fully saturated rings. The number of nitrogens with one attached hydrogen (secondary N) is 1. The highest BCUT2D eigenvalue weighted by Gasteiger charge is 2.32. The fourth-order valence-electron chi connectivity index (χ4n) is 3.47. The zero-order chi connectivity index (χ0) is 15.2. The van der Waals surface area contributed by atoms with Crippen molar-refractivity contribution in [2.75, 3.05) is 19.7 Å². The fourth-order valence-corrected chi connectivity index (χ4v) is 3.47. The van der Waals surface area contributed by atoms with Crippen LogP contribution in [0.4, 0.5) is 0 Å². The maximum atomic E-state index is 13.0. The van der Waals surface area contributed by atoms with E-state index in [9.17, 15) is 4.79 Å². The molecule has 1 aromatic rings. The summed E-state index contributed by atoms with van der Waals surface area (Å²) in [6.07, 6.45) is 5.68. The number of hydrogen-bond donors (Lipinski definition) is 1. The van der Waals surface area contributed by atoms with Crippen LogP contribution in [-0.4, -0.2) is 42.6 Å². The van der Waals surface area contributed by atoms with Gasteiger partial charge in [-0.3, -0.25) is 4.79 Å². The molecule has 1 amide bonds. The lowest BCUT2D eigenvalue weighted by atomic mass is 9.93. The van der Waals surface area contributed by atoms with Crippen molar-refractivity contribution in [2.24, 2.45) is 0 Å². The molecule has 1 aliphatic heterocycles. The Balaban J connectivity index is 1.73. The van der Waals surface area contributed by atoms with Crippen LogP contribution in [0, 0.1) is 0 Å². The Bertz CT molecular complexity index is 465. The van der Waals surface area contributed by atoms with Crippen LogP contribution in [0.3, 0.4) is 0 Å². The summed E-state index contributed by atoms with van der Waals surface area (Å²) in [5, 5.41) is 3.26. The smallest absolute Gasteiger partial charge is 0.253 e. The van der Waals surface area contributed by atoms with Crippen LogP contribution in [0.2, 0.25) is 0 Å². The minimum atomic E-state index is -0.320. The van der Waals surface area contributed by atoms with Gasteiger partial charge in [0.15, 0.2) is 0 Å². The number of carbonyl (C=O) groups is 1. The number of benzene rings is 1. The van der Waals surface area contributed by atoms with Crippen molar-refractivity contribution in [3.8, 4) is 0 Å². The van der Waals surface area contributed by atoms with Crippen molar-refractivity contribution < 1.29 is 9.53 Å². The maximum absolute atomic E-state index is 13.0. The molecular formula is C18H26N2O2. The van der Waals surface area contributed by atoms with Gasteiger partial charge in [0.05, 0.1) is 6.61 Å². The summed E-state index contributed by atoms with van der Waals surface area (Å²) in [4.78, 5) is 15.0. The quantitative estimate of drug-likeness (QED) is 0.928. The molecule has 0 radical (unpaired) electrons. The fraction of sp³-hybridized carbons (Fsp3) is 0.611. The lowest BCUT2D eigenvalue weighted by Gasteiger charge is -2.37. The monoisotopic (exact) mass is 302 g/mol. The van der Waals surface area contributed by atoms with E-state index in [4.69, 9.17) is 4.74 Å². The maximum Gasteiger partial charge on any atom is 0.253 e. The van der Waals surface area contributed by atoms with E-state index in [0.29, 0.717) is 25.7 Å². The second kappa shape index (κ2) is 7.75. The van der Waals surface area contributed by atoms with Gasteiger partial charge in [0.25, 0.3) is 5.91 Å². The third kappa shape index (κ3) is 3.87. The molecule has 2 aliphatic rings. The molecule has 1 aromatic carbocycles. The first kappa shape index (κ1) is 15.5. The van der Waals surface area contributed by atoms with Crippen molar-refractivity contribution in [1.82, 2.24) is 10.2 Å². The standard InChI is InChI=1S/C18H26N2O2/c21-18(17-13-19-11-12-22-17)20(16-9-5-2-6-10-16)14-15-7-3-1-4-8-15/h1,3-4,7-8,16-17,19H,2,5-6,9-14H2. The molecule has 1 aliphatic carbocycles. The van der Waals surface area contributed by atoms with Crippen LogP contribution in [0.1, 0.15) is 37.7 Å². The van der Waals surface area contributed by atoms with Crippen molar-refractivity contribution >= 4 is 5.91 Å². The van der Waals surface area contributed by atoms with E-state index in [0.717, 1.165) is 19.4 Å². The molecule has 4 heteroatoms. The molecule has 0 bridgehead atoms. The molecule has 22 heavy (non-hydrogen) atoms. The van der Waals surface area contributed by atoms with Crippen molar-refractivity contribution in [1.29, 1.82) is 0 Å². The average molecular weight is 302 g/mol. The van der Waals surface area contributed by atoms with Gasteiger partial charge in [-0.05, 0) is 18.4 Å². The highest BCUT2D eigenvalue weighted by atomic mass is 16.5. The third-order valence-electron chi connectivity index (χ3n) is 4.70. The van der Waals surface area contributed by atoms with E-state index in [1.54, 1.807) is 0 Å². The summed E-state index contributed by atoms with van der Waals surface area (Å²) >= 11 is 0. The van der Waals surface area contributed by atoms with Gasteiger partial charge in [0.2, 0.25) is 0 Å². The van der Waals surface area contributed by atoms with E-state index >= 15 is 0 Å². The van der Waals surface area contributed by atoms with Crippen LogP contribution < -0.4 is 5.32 Å². The molecule has 0 spiro atoms. The van der Waals surface area contributed by atoms with E-state index in [1.165, 1.54) is 24.8 Å². The first-order valence-corrected chi connectivity index (χ1v) is 8.51. The van der Waals surface area contributed by atoms with Crippen LogP contribution in [0.5, 0.6) is 0 Å². The summed E-state index contributed by atoms with van der Waals surface area (Å²) in [5.41, 5.74) is 1.20. The Labute approximate surface area is 132 Å². The van der Waals surface area contributed by atoms with Crippen LogP contribution in [-0.2, 0) is 16.1 Å². The zero-order valence-electron chi connectivity index (χ0n) is 13.2. The molecule has 4 nitrogen and oxygen atoms in total. The van der Waals surface area contributed by atoms with Crippen LogP contribution in [0.25, 0.3) is 0 Å². The Kier molecular flexibility index (Phi) is 5.46. The number of amides is 1. The summed E-state index contributed by atoms with van der Waals surface area (Å²) in [5.74, 6) is 0.156. The molecule has 120 valence electrons. The number of morpholine rings is 1. The Morgan fingerprint density at radius 2 is 1.95 bits per heavy atom. The molecule has 0 aromatic heterocycles. The number of nitrogens with zero attached hydrogens (tertiary/aromatic N) is 1. The minimum Gasteiger partial charge on any atom is -0.366 e. The van der Waals surface area contributed by atoms with Gasteiger partial charge in [-0.15, -0.1) is 0 Å². The first-order chi connectivity index (χ1) is 10.8. The highest BCUT2D eigenvalue weighted by molar-refractivity contribution is 5.81. The second-order valence-electron chi connectivity index (χ2n) is 6.31. The minimum absolute atomic E-state index is 0.156. The number of rotatable bonds is 4. The molecular weight excluding hydrogens is 276 g/mol. The van der Waals surface area contributed by atoms with Gasteiger partial charge in [0.1, 0.15) is 6.10 Å². The Morgan fingerprint density at radius 3 is 2.64 bits per heavy atom. The normalized spacial score (nSPS) is 23.2. The molecule has 3 rings (SSSR count). The molecule has 1 unspecified atom stereocenters. The van der Waals surface area contributed by atoms with Gasteiger partial charge in [-0.1, -0.05) is 49.6 Å². The lowest BCUT2D eigenvalue weighted by molar-refractivity contribution is -0.149. The zero-order valence-corrected chi connectivity index (χ0v) is 13.2. The average Bonchev–Trinajstić information content (AvgIpc) is 2.61. The predicted molar refractivity (Wildman–Crippen MR) is 86.5 cm³/mol. The van der Waals surface area contributed by atoms with Crippen LogP contribution >= 0.6 is 0 Å². The third-order valence-corrected chi connectivity index (χ3v) is 4.70. The number of hydrogen-bond acceptors (Lipinski definition) is 3. The first-order valence-electron chi connectivity index (χ1n) is 8.51. The summed E-state index contributed by atoms with van der Waals surface area (Å²) in [6.45, 7) is 2.80.